The zero-order valence-electron chi connectivity index (χ0n) is 16.1. The van der Waals surface area contributed by atoms with Crippen molar-refractivity contribution in [2.45, 2.75) is 25.3 Å². The Morgan fingerprint density at radius 2 is 1.25 bits per heavy atom. The molecule has 0 radical (unpaired) electrons. The fourth-order valence-corrected chi connectivity index (χ4v) is 3.05. The van der Waals surface area contributed by atoms with Crippen LogP contribution in [0.25, 0.3) is 0 Å². The average Bonchev–Trinajstić information content (AvgIpc) is 2.75. The van der Waals surface area contributed by atoms with Crippen LogP contribution in [0.5, 0.6) is 0 Å². The van der Waals surface area contributed by atoms with E-state index >= 15 is 0 Å². The molecule has 0 saturated heterocycles. The first kappa shape index (κ1) is 19.8. The van der Waals surface area contributed by atoms with Gasteiger partial charge in [-0.1, -0.05) is 84.9 Å². The lowest BCUT2D eigenvalue weighted by molar-refractivity contribution is 0.505. The molecule has 3 unspecified atom stereocenters. The number of nitrogens with two attached hydrogens (primary N) is 2. The third kappa shape index (κ3) is 5.54. The molecule has 0 aliphatic rings. The standard InChI is InChI=1S/C24H28N4/c1-18(23(25)27-21-15-9-4-10-16-21)17-22(19-11-5-2-6-12-19)28-24(26)20-13-7-3-8-14-20/h2-17,22-24,27-28H,25-26H2,1H3/b18-17+. The van der Waals surface area contributed by atoms with Crippen molar-refractivity contribution in [1.82, 2.24) is 5.32 Å². The Balaban J connectivity index is 1.79. The Morgan fingerprint density at radius 1 is 0.750 bits per heavy atom. The minimum Gasteiger partial charge on any atom is -0.366 e. The second-order valence-electron chi connectivity index (χ2n) is 6.84. The number of para-hydroxylation sites is 1. The van der Waals surface area contributed by atoms with Crippen LogP contribution in [0, 0.1) is 0 Å². The van der Waals surface area contributed by atoms with Gasteiger partial charge in [-0.3, -0.25) is 5.32 Å². The van der Waals surface area contributed by atoms with Crippen molar-refractivity contribution >= 4 is 5.69 Å². The molecule has 0 fully saturated rings. The Hall–Kier alpha value is -2.92. The van der Waals surface area contributed by atoms with Crippen LogP contribution in [-0.2, 0) is 0 Å². The summed E-state index contributed by atoms with van der Waals surface area (Å²) in [6, 6.07) is 30.2. The van der Waals surface area contributed by atoms with Crippen molar-refractivity contribution in [2.24, 2.45) is 11.5 Å². The molecule has 28 heavy (non-hydrogen) atoms. The highest BCUT2D eigenvalue weighted by Crippen LogP contribution is 2.21. The van der Waals surface area contributed by atoms with Gasteiger partial charge in [0.05, 0.1) is 18.4 Å². The van der Waals surface area contributed by atoms with Crippen LogP contribution in [0.2, 0.25) is 0 Å². The first-order chi connectivity index (χ1) is 13.6. The lowest BCUT2D eigenvalue weighted by Crippen LogP contribution is -2.34. The zero-order valence-corrected chi connectivity index (χ0v) is 16.1. The molecule has 0 aliphatic carbocycles. The Bertz CT molecular complexity index is 863. The van der Waals surface area contributed by atoms with Crippen molar-refractivity contribution in [3.8, 4) is 0 Å². The number of hydrogen-bond acceptors (Lipinski definition) is 4. The maximum Gasteiger partial charge on any atom is 0.0963 e. The lowest BCUT2D eigenvalue weighted by atomic mass is 10.0. The molecule has 0 spiro atoms. The fourth-order valence-electron chi connectivity index (χ4n) is 3.05. The molecule has 3 rings (SSSR count). The van der Waals surface area contributed by atoms with Crippen LogP contribution in [-0.4, -0.2) is 6.17 Å². The van der Waals surface area contributed by atoms with Crippen LogP contribution in [0.1, 0.15) is 30.3 Å². The largest absolute Gasteiger partial charge is 0.366 e. The van der Waals surface area contributed by atoms with Gasteiger partial charge in [0.1, 0.15) is 0 Å². The summed E-state index contributed by atoms with van der Waals surface area (Å²) in [7, 11) is 0. The van der Waals surface area contributed by atoms with Crippen LogP contribution in [0.15, 0.2) is 103 Å². The van der Waals surface area contributed by atoms with Crippen LogP contribution < -0.4 is 22.1 Å². The fraction of sp³-hybridized carbons (Fsp3) is 0.167. The van der Waals surface area contributed by atoms with Crippen molar-refractivity contribution in [3.63, 3.8) is 0 Å². The lowest BCUT2D eigenvalue weighted by Gasteiger charge is -2.24. The molecule has 144 valence electrons. The normalized spacial score (nSPS) is 14.9. The third-order valence-electron chi connectivity index (χ3n) is 4.69. The molecule has 0 bridgehead atoms. The molecule has 3 atom stereocenters. The second kappa shape index (κ2) is 9.85. The Morgan fingerprint density at radius 3 is 1.82 bits per heavy atom. The van der Waals surface area contributed by atoms with E-state index in [1.54, 1.807) is 0 Å². The van der Waals surface area contributed by atoms with Gasteiger partial charge in [-0.05, 0) is 35.8 Å². The van der Waals surface area contributed by atoms with E-state index in [1.165, 1.54) is 0 Å². The van der Waals surface area contributed by atoms with Gasteiger partial charge in [-0.2, -0.15) is 0 Å². The maximum absolute atomic E-state index is 6.42. The van der Waals surface area contributed by atoms with E-state index in [-0.39, 0.29) is 18.4 Å². The Labute approximate surface area is 167 Å². The highest BCUT2D eigenvalue weighted by Gasteiger charge is 2.15. The quantitative estimate of drug-likeness (QED) is 0.351. The van der Waals surface area contributed by atoms with Gasteiger partial charge in [0.25, 0.3) is 0 Å². The van der Waals surface area contributed by atoms with E-state index in [4.69, 9.17) is 11.5 Å². The first-order valence-corrected chi connectivity index (χ1v) is 9.50. The van der Waals surface area contributed by atoms with E-state index in [0.29, 0.717) is 0 Å². The third-order valence-corrected chi connectivity index (χ3v) is 4.69. The molecular weight excluding hydrogens is 344 g/mol. The molecule has 0 aromatic heterocycles. The highest BCUT2D eigenvalue weighted by molar-refractivity contribution is 5.45. The first-order valence-electron chi connectivity index (χ1n) is 9.50. The predicted octanol–water partition coefficient (Wildman–Crippen LogP) is 4.32. The van der Waals surface area contributed by atoms with Crippen LogP contribution >= 0.6 is 0 Å². The van der Waals surface area contributed by atoms with E-state index in [2.05, 4.69) is 28.8 Å². The molecule has 4 heteroatoms. The van der Waals surface area contributed by atoms with Gasteiger partial charge < -0.3 is 16.8 Å². The number of hydrogen-bond donors (Lipinski definition) is 4. The van der Waals surface area contributed by atoms with Crippen molar-refractivity contribution in [3.05, 3.63) is 114 Å². The molecule has 3 aromatic carbocycles. The minimum absolute atomic E-state index is 0.0555. The predicted molar refractivity (Wildman–Crippen MR) is 117 cm³/mol. The summed E-state index contributed by atoms with van der Waals surface area (Å²) in [5, 5.41) is 6.85. The van der Waals surface area contributed by atoms with Gasteiger partial charge in [0.15, 0.2) is 0 Å². The summed E-state index contributed by atoms with van der Waals surface area (Å²) in [6.07, 6.45) is 1.57. The second-order valence-corrected chi connectivity index (χ2v) is 6.84. The molecule has 0 aliphatic heterocycles. The summed E-state index contributed by atoms with van der Waals surface area (Å²) in [4.78, 5) is 0. The summed E-state index contributed by atoms with van der Waals surface area (Å²) in [5.41, 5.74) is 17.0. The van der Waals surface area contributed by atoms with Crippen LogP contribution in [0.3, 0.4) is 0 Å². The minimum atomic E-state index is -0.289. The highest BCUT2D eigenvalue weighted by atomic mass is 15.1. The molecule has 6 N–H and O–H groups in total. The van der Waals surface area contributed by atoms with Gasteiger partial charge >= 0.3 is 0 Å². The van der Waals surface area contributed by atoms with E-state index in [1.807, 2.05) is 85.8 Å². The van der Waals surface area contributed by atoms with Crippen molar-refractivity contribution < 1.29 is 0 Å². The van der Waals surface area contributed by atoms with Crippen molar-refractivity contribution in [2.75, 3.05) is 5.32 Å². The number of anilines is 1. The van der Waals surface area contributed by atoms with Crippen LogP contribution in [0.4, 0.5) is 5.69 Å². The number of rotatable bonds is 8. The summed E-state index contributed by atoms with van der Waals surface area (Å²) in [6.45, 7) is 2.03. The maximum atomic E-state index is 6.42. The van der Waals surface area contributed by atoms with E-state index < -0.39 is 0 Å². The smallest absolute Gasteiger partial charge is 0.0963 e. The monoisotopic (exact) mass is 372 g/mol. The number of nitrogens with one attached hydrogen (secondary N) is 2. The zero-order chi connectivity index (χ0) is 19.8. The van der Waals surface area contributed by atoms with Crippen molar-refractivity contribution in [1.29, 1.82) is 0 Å². The van der Waals surface area contributed by atoms with Gasteiger partial charge in [-0.15, -0.1) is 0 Å². The summed E-state index contributed by atoms with van der Waals surface area (Å²) >= 11 is 0. The number of benzene rings is 3. The Kier molecular flexibility index (Phi) is 6.98. The van der Waals surface area contributed by atoms with E-state index in [0.717, 1.165) is 22.4 Å². The topological polar surface area (TPSA) is 76.1 Å². The molecule has 0 heterocycles. The van der Waals surface area contributed by atoms with E-state index in [9.17, 15) is 0 Å². The molecule has 4 nitrogen and oxygen atoms in total. The van der Waals surface area contributed by atoms with Gasteiger partial charge in [-0.25, -0.2) is 0 Å². The SMILES string of the molecule is C/C(=C\C(NC(N)c1ccccc1)c1ccccc1)C(N)Nc1ccccc1. The summed E-state index contributed by atoms with van der Waals surface area (Å²) < 4.78 is 0. The molecule has 0 amide bonds. The molecular formula is C24H28N4. The van der Waals surface area contributed by atoms with Gasteiger partial charge in [0, 0.05) is 5.69 Å². The average molecular weight is 373 g/mol. The molecule has 3 aromatic rings. The van der Waals surface area contributed by atoms with Gasteiger partial charge in [0.2, 0.25) is 0 Å². The summed E-state index contributed by atoms with van der Waals surface area (Å²) in [5.74, 6) is 0. The molecule has 0 saturated carbocycles.